The topological polar surface area (TPSA) is 48.1 Å². The number of para-hydroxylation sites is 2. The Kier molecular flexibility index (Phi) is 6.80. The zero-order chi connectivity index (χ0) is 18.2. The summed E-state index contributed by atoms with van der Waals surface area (Å²) in [6, 6.07) is 20.5. The van der Waals surface area contributed by atoms with Crippen LogP contribution in [0.3, 0.4) is 0 Å². The Morgan fingerprint density at radius 2 is 1.04 bits per heavy atom. The zero-order valence-electron chi connectivity index (χ0n) is 14.6. The van der Waals surface area contributed by atoms with Crippen LogP contribution in [-0.2, 0) is 0 Å². The molecule has 0 bridgehead atoms. The molecule has 26 heavy (non-hydrogen) atoms. The summed E-state index contributed by atoms with van der Waals surface area (Å²) in [6.07, 6.45) is 4.54. The van der Waals surface area contributed by atoms with Crippen molar-refractivity contribution < 1.29 is 0 Å². The maximum Gasteiger partial charge on any atom is 0.171 e. The molecule has 0 saturated heterocycles. The molecular formula is C20H24N4S2. The number of nitrogens with one attached hydrogen (secondary N) is 4. The molecule has 4 nitrogen and oxygen atoms in total. The van der Waals surface area contributed by atoms with Gasteiger partial charge in [0.1, 0.15) is 0 Å². The predicted molar refractivity (Wildman–Crippen MR) is 118 cm³/mol. The summed E-state index contributed by atoms with van der Waals surface area (Å²) in [5.41, 5.74) is 1.98. The molecule has 0 amide bonds. The highest BCUT2D eigenvalue weighted by Gasteiger charge is 2.26. The van der Waals surface area contributed by atoms with Crippen molar-refractivity contribution in [3.63, 3.8) is 0 Å². The van der Waals surface area contributed by atoms with Gasteiger partial charge in [-0.15, -0.1) is 0 Å². The molecule has 1 aliphatic rings. The van der Waals surface area contributed by atoms with Gasteiger partial charge in [-0.05, 0) is 61.5 Å². The SMILES string of the molecule is S=C(Nc1ccccc1)NC1CCCCC1NC(=S)Nc1ccccc1. The number of anilines is 2. The largest absolute Gasteiger partial charge is 0.358 e. The third-order valence-electron chi connectivity index (χ3n) is 4.46. The van der Waals surface area contributed by atoms with Crippen LogP contribution >= 0.6 is 24.4 Å². The monoisotopic (exact) mass is 384 g/mol. The fourth-order valence-corrected chi connectivity index (χ4v) is 3.73. The summed E-state index contributed by atoms with van der Waals surface area (Å²) in [5.74, 6) is 0. The van der Waals surface area contributed by atoms with E-state index in [1.807, 2.05) is 60.7 Å². The molecule has 1 fully saturated rings. The van der Waals surface area contributed by atoms with Gasteiger partial charge < -0.3 is 21.3 Å². The molecule has 1 aliphatic carbocycles. The molecule has 4 N–H and O–H groups in total. The summed E-state index contributed by atoms with van der Waals surface area (Å²) in [4.78, 5) is 0. The quantitative estimate of drug-likeness (QED) is 0.591. The van der Waals surface area contributed by atoms with Crippen molar-refractivity contribution in [2.75, 3.05) is 10.6 Å². The van der Waals surface area contributed by atoms with Crippen LogP contribution in [0.25, 0.3) is 0 Å². The molecule has 3 rings (SSSR count). The number of thiocarbonyl (C=S) groups is 2. The normalized spacial score (nSPS) is 19.2. The van der Waals surface area contributed by atoms with Crippen LogP contribution in [0.1, 0.15) is 25.7 Å². The molecule has 0 heterocycles. The van der Waals surface area contributed by atoms with E-state index in [0.29, 0.717) is 10.2 Å². The molecule has 2 aromatic carbocycles. The Balaban J connectivity index is 1.53. The fraction of sp³-hybridized carbons (Fsp3) is 0.300. The van der Waals surface area contributed by atoms with Gasteiger partial charge in [-0.2, -0.15) is 0 Å². The number of hydrogen-bond acceptors (Lipinski definition) is 2. The van der Waals surface area contributed by atoms with Crippen LogP contribution in [-0.4, -0.2) is 22.3 Å². The minimum atomic E-state index is 0.253. The molecule has 6 heteroatoms. The van der Waals surface area contributed by atoms with Gasteiger partial charge in [-0.3, -0.25) is 0 Å². The first-order valence-corrected chi connectivity index (χ1v) is 9.77. The van der Waals surface area contributed by atoms with Crippen molar-refractivity contribution in [3.8, 4) is 0 Å². The second-order valence-corrected chi connectivity index (χ2v) is 7.24. The Hall–Kier alpha value is -2.18. The first-order chi connectivity index (χ1) is 12.7. The van der Waals surface area contributed by atoms with Crippen molar-refractivity contribution in [2.45, 2.75) is 37.8 Å². The number of hydrogen-bond donors (Lipinski definition) is 4. The molecule has 136 valence electrons. The maximum absolute atomic E-state index is 5.49. The van der Waals surface area contributed by atoms with Gasteiger partial charge in [0.25, 0.3) is 0 Å². The lowest BCUT2D eigenvalue weighted by Crippen LogP contribution is -2.54. The third-order valence-corrected chi connectivity index (χ3v) is 4.90. The second kappa shape index (κ2) is 9.50. The van der Waals surface area contributed by atoms with Gasteiger partial charge >= 0.3 is 0 Å². The van der Waals surface area contributed by atoms with Crippen LogP contribution in [0, 0.1) is 0 Å². The summed E-state index contributed by atoms with van der Waals surface area (Å²) in [6.45, 7) is 0. The van der Waals surface area contributed by atoms with Crippen molar-refractivity contribution in [1.29, 1.82) is 0 Å². The number of benzene rings is 2. The summed E-state index contributed by atoms with van der Waals surface area (Å²) in [7, 11) is 0. The Labute approximate surface area is 165 Å². The van der Waals surface area contributed by atoms with E-state index in [4.69, 9.17) is 24.4 Å². The summed E-state index contributed by atoms with van der Waals surface area (Å²) in [5, 5.41) is 14.7. The molecule has 0 radical (unpaired) electrons. The average molecular weight is 385 g/mol. The van der Waals surface area contributed by atoms with E-state index in [0.717, 1.165) is 24.2 Å². The van der Waals surface area contributed by atoms with E-state index in [1.165, 1.54) is 12.8 Å². The molecular weight excluding hydrogens is 360 g/mol. The molecule has 0 spiro atoms. The smallest absolute Gasteiger partial charge is 0.171 e. The lowest BCUT2D eigenvalue weighted by atomic mass is 9.90. The van der Waals surface area contributed by atoms with Crippen LogP contribution in [0.4, 0.5) is 11.4 Å². The Morgan fingerprint density at radius 3 is 1.42 bits per heavy atom. The third kappa shape index (κ3) is 5.68. The lowest BCUT2D eigenvalue weighted by Gasteiger charge is -2.34. The first-order valence-electron chi connectivity index (χ1n) is 8.96. The zero-order valence-corrected chi connectivity index (χ0v) is 16.2. The van der Waals surface area contributed by atoms with Crippen LogP contribution < -0.4 is 21.3 Å². The highest BCUT2D eigenvalue weighted by Crippen LogP contribution is 2.19. The van der Waals surface area contributed by atoms with E-state index >= 15 is 0 Å². The molecule has 2 aromatic rings. The predicted octanol–water partition coefficient (Wildman–Crippen LogP) is 4.27. The van der Waals surface area contributed by atoms with Crippen LogP contribution in [0.5, 0.6) is 0 Å². The Morgan fingerprint density at radius 1 is 0.654 bits per heavy atom. The van der Waals surface area contributed by atoms with E-state index in [1.54, 1.807) is 0 Å². The molecule has 1 saturated carbocycles. The molecule has 2 unspecified atom stereocenters. The van der Waals surface area contributed by atoms with Crippen molar-refractivity contribution in [2.24, 2.45) is 0 Å². The minimum Gasteiger partial charge on any atom is -0.358 e. The standard InChI is InChI=1S/C20H24N4S2/c25-19(21-15-9-3-1-4-10-15)23-17-13-7-8-14-18(17)24-20(26)22-16-11-5-2-6-12-16/h1-6,9-12,17-18H,7-8,13-14H2,(H2,21,23,25)(H2,22,24,26). The highest BCUT2D eigenvalue weighted by atomic mass is 32.1. The fourth-order valence-electron chi connectivity index (χ4n) is 3.19. The van der Waals surface area contributed by atoms with Crippen LogP contribution in [0.15, 0.2) is 60.7 Å². The molecule has 0 aromatic heterocycles. The minimum absolute atomic E-state index is 0.253. The molecule has 2 atom stereocenters. The van der Waals surface area contributed by atoms with Gasteiger partial charge in [0, 0.05) is 23.5 Å². The van der Waals surface area contributed by atoms with Gasteiger partial charge in [-0.25, -0.2) is 0 Å². The van der Waals surface area contributed by atoms with E-state index in [9.17, 15) is 0 Å². The highest BCUT2D eigenvalue weighted by molar-refractivity contribution is 7.80. The summed E-state index contributed by atoms with van der Waals surface area (Å²) < 4.78 is 0. The van der Waals surface area contributed by atoms with Gasteiger partial charge in [0.2, 0.25) is 0 Å². The van der Waals surface area contributed by atoms with Gasteiger partial charge in [-0.1, -0.05) is 49.2 Å². The Bertz CT molecular complexity index is 658. The average Bonchev–Trinajstić information content (AvgIpc) is 2.65. The van der Waals surface area contributed by atoms with E-state index < -0.39 is 0 Å². The van der Waals surface area contributed by atoms with Crippen LogP contribution in [0.2, 0.25) is 0 Å². The van der Waals surface area contributed by atoms with Crippen molar-refractivity contribution in [1.82, 2.24) is 10.6 Å². The number of rotatable bonds is 4. The second-order valence-electron chi connectivity index (χ2n) is 6.43. The maximum atomic E-state index is 5.49. The van der Waals surface area contributed by atoms with Crippen molar-refractivity contribution in [3.05, 3.63) is 60.7 Å². The van der Waals surface area contributed by atoms with Gasteiger partial charge in [0.05, 0.1) is 0 Å². The first kappa shape index (κ1) is 18.6. The molecule has 0 aliphatic heterocycles. The van der Waals surface area contributed by atoms with Gasteiger partial charge in [0.15, 0.2) is 10.2 Å². The van der Waals surface area contributed by atoms with E-state index in [-0.39, 0.29) is 12.1 Å². The van der Waals surface area contributed by atoms with Crippen molar-refractivity contribution >= 4 is 46.0 Å². The van der Waals surface area contributed by atoms with E-state index in [2.05, 4.69) is 21.3 Å². The summed E-state index contributed by atoms with van der Waals surface area (Å²) >= 11 is 11.0. The lowest BCUT2D eigenvalue weighted by molar-refractivity contribution is 0.340.